The summed E-state index contributed by atoms with van der Waals surface area (Å²) in [5.41, 5.74) is 2.36. The summed E-state index contributed by atoms with van der Waals surface area (Å²) in [7, 11) is 3.63. The van der Waals surface area contributed by atoms with Crippen molar-refractivity contribution in [2.45, 2.75) is 160 Å². The van der Waals surface area contributed by atoms with Crippen LogP contribution in [0.2, 0.25) is 51.4 Å². The first-order chi connectivity index (χ1) is 34.9. The number of methoxy groups -OCH3 is 4. The molecule has 14 nitrogen and oxygen atoms in total. The number of rotatable bonds is 26. The summed E-state index contributed by atoms with van der Waals surface area (Å²) in [4.78, 5) is 26.1. The molecule has 2 aliphatic rings. The van der Waals surface area contributed by atoms with Crippen molar-refractivity contribution in [2.24, 2.45) is 0 Å². The van der Waals surface area contributed by atoms with E-state index in [0.29, 0.717) is 71.5 Å². The van der Waals surface area contributed by atoms with Gasteiger partial charge in [-0.3, -0.25) is 0 Å². The maximum absolute atomic E-state index is 13.1. The molecule has 0 bridgehead atoms. The molecule has 5 rings (SSSR count). The van der Waals surface area contributed by atoms with Crippen LogP contribution in [0.3, 0.4) is 0 Å². The van der Waals surface area contributed by atoms with E-state index >= 15 is 0 Å². The third-order valence-corrected chi connectivity index (χ3v) is 17.8. The number of alkyl halides is 1. The van der Waals surface area contributed by atoms with Crippen molar-refractivity contribution in [3.8, 4) is 23.0 Å². The van der Waals surface area contributed by atoms with Gasteiger partial charge in [0, 0.05) is 25.7 Å². The van der Waals surface area contributed by atoms with Gasteiger partial charge in [0.25, 0.3) is 0 Å². The molecule has 4 atom stereocenters. The van der Waals surface area contributed by atoms with Crippen molar-refractivity contribution in [3.05, 3.63) is 82.9 Å². The van der Waals surface area contributed by atoms with Crippen LogP contribution in [0.5, 0.6) is 23.0 Å². The van der Waals surface area contributed by atoms with Crippen LogP contribution in [0.1, 0.15) is 99.1 Å². The van der Waals surface area contributed by atoms with E-state index < -0.39 is 27.9 Å². The van der Waals surface area contributed by atoms with Crippen LogP contribution >= 0.6 is 22.6 Å². The van der Waals surface area contributed by atoms with Crippen molar-refractivity contribution in [3.63, 3.8) is 0 Å². The second-order valence-electron chi connectivity index (χ2n) is 21.2. The molecule has 0 unspecified atom stereocenters. The van der Waals surface area contributed by atoms with Crippen LogP contribution in [-0.4, -0.2) is 139 Å². The zero-order valence-corrected chi connectivity index (χ0v) is 53.0. The van der Waals surface area contributed by atoms with Gasteiger partial charge in [-0.15, -0.1) is 0 Å². The summed E-state index contributed by atoms with van der Waals surface area (Å²) in [6.45, 7) is 26.4. The van der Waals surface area contributed by atoms with Gasteiger partial charge in [-0.2, -0.15) is 0 Å². The van der Waals surface area contributed by atoms with Crippen molar-refractivity contribution in [1.82, 2.24) is 0 Å². The minimum absolute atomic E-state index is 0.00597. The molecule has 0 N–H and O–H groups in total. The molecule has 2 saturated heterocycles. The van der Waals surface area contributed by atoms with Gasteiger partial charge < -0.3 is 37.9 Å². The zero-order chi connectivity index (χ0) is 55.1. The molecule has 3 aromatic carbocycles. The van der Waals surface area contributed by atoms with Crippen LogP contribution in [0.25, 0.3) is 6.08 Å². The first kappa shape index (κ1) is 65.3. The van der Waals surface area contributed by atoms with Gasteiger partial charge in [0.2, 0.25) is 0 Å². The van der Waals surface area contributed by atoms with Crippen LogP contribution < -0.4 is 23.4 Å². The standard InChI is InChI=1S/C25H40O7Si.C22H30O5SeSi.C9H17IO2/c1-9-20-21(32-25(2,3)31-20)12-10-11-18-15-19(28-5)16-22(30-17-27-4)23(18)24(26)29-13-14-33(6,7)8;1-24-16-27-20-14-18(25-2)13-17(15-28-19-9-7-6-8-10-19)21(20)22(23)26-11-12-29(3,4)5;1-4-7-8(5-6-10)12-9(2,3)11-7/h10-11,15-16,20-21H,9,12-14,17H2,1-8H3;6-10,13-14H,11-12,15-16H2,1-5H3;7-8H,4-6H2,1-3H3/b11-10+;;/t20-,21+;;7-,8+/m1.1/s1. The topological polar surface area (TPSA) is 145 Å². The molecule has 0 aromatic heterocycles. The second kappa shape index (κ2) is 32.0. The number of benzene rings is 3. The van der Waals surface area contributed by atoms with E-state index in [1.165, 1.54) is 11.6 Å². The molecular formula is C56H87IO14SeSi2. The molecule has 18 heteroatoms. The number of carbonyl (C=O) groups is 2. The summed E-state index contributed by atoms with van der Waals surface area (Å²) in [5.74, 6) is 0.287. The van der Waals surface area contributed by atoms with Gasteiger partial charge in [-0.1, -0.05) is 68.2 Å². The second-order valence-corrected chi connectivity index (χ2v) is 35.7. The Morgan fingerprint density at radius 3 is 1.62 bits per heavy atom. The molecule has 0 amide bonds. The Morgan fingerprint density at radius 1 is 0.662 bits per heavy atom. The number of carbonyl (C=O) groups excluding carboxylic acids is 2. The number of hydrogen-bond acceptors (Lipinski definition) is 14. The molecule has 2 heterocycles. The molecule has 3 aromatic rings. The fraction of sp³-hybridized carbons (Fsp3) is 0.607. The van der Waals surface area contributed by atoms with Gasteiger partial charge in [0.15, 0.2) is 18.4 Å². The third kappa shape index (κ3) is 23.3. The Kier molecular flexibility index (Phi) is 28.2. The van der Waals surface area contributed by atoms with E-state index in [0.717, 1.165) is 46.7 Å². The Hall–Kier alpha value is -3.02. The summed E-state index contributed by atoms with van der Waals surface area (Å²) in [5, 5.41) is 0.732. The Balaban J connectivity index is 0.000000321. The molecule has 0 aliphatic carbocycles. The predicted octanol–water partition coefficient (Wildman–Crippen LogP) is 12.0. The van der Waals surface area contributed by atoms with E-state index in [4.69, 9.17) is 56.8 Å². The fourth-order valence-electron chi connectivity index (χ4n) is 7.77. The van der Waals surface area contributed by atoms with Gasteiger partial charge in [-0.05, 0) is 71.1 Å². The van der Waals surface area contributed by atoms with Crippen molar-refractivity contribution in [2.75, 3.05) is 59.7 Å². The van der Waals surface area contributed by atoms with Crippen LogP contribution in [0.4, 0.5) is 0 Å². The van der Waals surface area contributed by atoms with E-state index in [1.54, 1.807) is 39.5 Å². The van der Waals surface area contributed by atoms with Crippen LogP contribution in [0.15, 0.2) is 60.7 Å². The molecule has 0 saturated carbocycles. The fourth-order valence-corrected chi connectivity index (χ4v) is 11.7. The van der Waals surface area contributed by atoms with Crippen molar-refractivity contribution in [1.29, 1.82) is 0 Å². The first-order valence-corrected chi connectivity index (χ1v) is 36.5. The molecule has 2 aliphatic heterocycles. The molecule has 0 spiro atoms. The van der Waals surface area contributed by atoms with Gasteiger partial charge in [-0.25, -0.2) is 4.79 Å². The first-order valence-electron chi connectivity index (χ1n) is 25.5. The average molecular weight is 1250 g/mol. The quantitative estimate of drug-likeness (QED) is 0.0247. The molecule has 0 radical (unpaired) electrons. The van der Waals surface area contributed by atoms with E-state index in [2.05, 4.69) is 87.9 Å². The Bertz CT molecular complexity index is 2180. The average Bonchev–Trinajstić information content (AvgIpc) is 3.82. The van der Waals surface area contributed by atoms with Crippen molar-refractivity contribution < 1.29 is 66.4 Å². The molecule has 2 fully saturated rings. The minimum atomic E-state index is -1.33. The zero-order valence-electron chi connectivity index (χ0n) is 47.1. The molecule has 74 heavy (non-hydrogen) atoms. The van der Waals surface area contributed by atoms with E-state index in [1.807, 2.05) is 64.1 Å². The van der Waals surface area contributed by atoms with E-state index in [9.17, 15) is 9.59 Å². The Labute approximate surface area is 465 Å². The van der Waals surface area contributed by atoms with Gasteiger partial charge >= 0.3 is 187 Å². The number of ether oxygens (including phenoxy) is 12. The van der Waals surface area contributed by atoms with Gasteiger partial charge in [0.05, 0.1) is 38.1 Å². The van der Waals surface area contributed by atoms with Crippen molar-refractivity contribution >= 4 is 76.2 Å². The van der Waals surface area contributed by atoms with Crippen LogP contribution in [-0.2, 0) is 43.2 Å². The number of esters is 2. The SMILES string of the molecule is CC[C@H]1OC(C)(C)O[C@H]1C/C=C/c1cc(OC)cc(OCOC)c1C(=O)OCC[Si](C)(C)C.CC[C@H]1OC(C)(C)O[C@H]1CCI.COCOc1cc(OC)cc(C[Se]c2ccccc2)c1C(=O)OCC[Si](C)(C)C. The number of hydrogen-bond donors (Lipinski definition) is 0. The van der Waals surface area contributed by atoms with Crippen LogP contribution in [0, 0.1) is 0 Å². The number of halogens is 1. The summed E-state index contributed by atoms with van der Waals surface area (Å²) < 4.78 is 69.6. The monoisotopic (exact) mass is 1250 g/mol. The maximum atomic E-state index is 13.1. The summed E-state index contributed by atoms with van der Waals surface area (Å²) in [6.07, 6.45) is 8.13. The van der Waals surface area contributed by atoms with Gasteiger partial charge in [0.1, 0.15) is 17.1 Å². The Morgan fingerprint density at radius 2 is 1.14 bits per heavy atom. The molecule has 416 valence electrons. The predicted molar refractivity (Wildman–Crippen MR) is 309 cm³/mol. The third-order valence-electron chi connectivity index (χ3n) is 11.6. The normalized spacial score (nSPS) is 18.9. The summed E-state index contributed by atoms with van der Waals surface area (Å²) in [6, 6.07) is 19.2. The van der Waals surface area contributed by atoms with E-state index in [-0.39, 0.29) is 52.5 Å². The molecular weight excluding hydrogens is 1160 g/mol. The summed E-state index contributed by atoms with van der Waals surface area (Å²) >= 11 is 2.55.